The molecule has 0 saturated carbocycles. The van der Waals surface area contributed by atoms with Gasteiger partial charge in [-0.3, -0.25) is 14.9 Å². The molecule has 1 unspecified atom stereocenters. The molecular formula is C14H14N4O6. The molecule has 1 aliphatic heterocycles. The molecule has 0 bridgehead atoms. The van der Waals surface area contributed by atoms with Gasteiger partial charge < -0.3 is 18.8 Å². The molecule has 3 heterocycles. The second-order valence-electron chi connectivity index (χ2n) is 5.05. The molecule has 126 valence electrons. The number of aromatic nitrogens is 2. The monoisotopic (exact) mass is 334 g/mol. The normalized spacial score (nSPS) is 16.9. The number of carbonyl (C=O) groups is 1. The summed E-state index contributed by atoms with van der Waals surface area (Å²) in [5.41, 5.74) is 0. The first-order chi connectivity index (χ1) is 11.6. The highest BCUT2D eigenvalue weighted by molar-refractivity contribution is 5.92. The molecule has 0 aliphatic carbocycles. The average Bonchev–Trinajstić information content (AvgIpc) is 3.24. The van der Waals surface area contributed by atoms with Crippen LogP contribution in [0.2, 0.25) is 0 Å². The molecule has 1 atom stereocenters. The molecule has 2 aromatic rings. The molecule has 1 aliphatic rings. The molecule has 2 aromatic heterocycles. The average molecular weight is 334 g/mol. The molecular weight excluding hydrogens is 320 g/mol. The molecule has 0 N–H and O–H groups in total. The van der Waals surface area contributed by atoms with Gasteiger partial charge in [0.25, 0.3) is 17.7 Å². The van der Waals surface area contributed by atoms with E-state index in [1.807, 2.05) is 0 Å². The number of ether oxygens (including phenoxy) is 2. The number of hydrogen-bond donors (Lipinski definition) is 0. The summed E-state index contributed by atoms with van der Waals surface area (Å²) in [5.74, 6) is -0.425. The Balaban J connectivity index is 1.64. The first-order valence-corrected chi connectivity index (χ1v) is 7.13. The summed E-state index contributed by atoms with van der Waals surface area (Å²) in [5, 5.41) is 10.6. The molecule has 0 radical (unpaired) electrons. The van der Waals surface area contributed by atoms with Crippen molar-refractivity contribution < 1.29 is 23.6 Å². The van der Waals surface area contributed by atoms with Gasteiger partial charge in [0.2, 0.25) is 0 Å². The number of likely N-dealkylation sites (tertiary alicyclic amines) is 1. The van der Waals surface area contributed by atoms with E-state index in [0.29, 0.717) is 19.5 Å². The molecule has 0 spiro atoms. The van der Waals surface area contributed by atoms with E-state index in [1.54, 1.807) is 0 Å². The van der Waals surface area contributed by atoms with Crippen LogP contribution in [-0.4, -0.2) is 52.0 Å². The predicted molar refractivity (Wildman–Crippen MR) is 78.9 cm³/mol. The van der Waals surface area contributed by atoms with Crippen LogP contribution >= 0.6 is 0 Å². The Morgan fingerprint density at radius 2 is 2.12 bits per heavy atom. The largest absolute Gasteiger partial charge is 0.477 e. The summed E-state index contributed by atoms with van der Waals surface area (Å²) in [7, 11) is 1.46. The Hall–Kier alpha value is -3.17. The number of nitro groups is 1. The van der Waals surface area contributed by atoms with E-state index in [2.05, 4.69) is 9.97 Å². The Morgan fingerprint density at radius 3 is 2.79 bits per heavy atom. The lowest BCUT2D eigenvalue weighted by Gasteiger charge is -2.16. The predicted octanol–water partition coefficient (Wildman–Crippen LogP) is 1.28. The molecule has 0 aromatic carbocycles. The number of hydrogen-bond acceptors (Lipinski definition) is 8. The minimum Gasteiger partial charge on any atom is -0.477 e. The highest BCUT2D eigenvalue weighted by Crippen LogP contribution is 2.25. The minimum atomic E-state index is -0.687. The van der Waals surface area contributed by atoms with Crippen molar-refractivity contribution in [2.24, 2.45) is 0 Å². The SMILES string of the molecule is COc1nccnc1OC1CCN(C(=O)c2ccc([N+](=O)[O-])o2)C1. The molecule has 1 saturated heterocycles. The summed E-state index contributed by atoms with van der Waals surface area (Å²) < 4.78 is 15.7. The number of furan rings is 1. The standard InChI is InChI=1S/C14H14N4O6/c1-22-12-13(16-6-5-15-12)23-9-4-7-17(8-9)14(19)10-2-3-11(24-10)18(20)21/h2-3,5-6,9H,4,7-8H2,1H3. The Morgan fingerprint density at radius 1 is 1.38 bits per heavy atom. The fraction of sp³-hybridized carbons (Fsp3) is 0.357. The quantitative estimate of drug-likeness (QED) is 0.592. The van der Waals surface area contributed by atoms with Gasteiger partial charge in [0.05, 0.1) is 19.7 Å². The summed E-state index contributed by atoms with van der Waals surface area (Å²) >= 11 is 0. The number of methoxy groups -OCH3 is 1. The zero-order valence-corrected chi connectivity index (χ0v) is 12.7. The van der Waals surface area contributed by atoms with Crippen LogP contribution < -0.4 is 9.47 Å². The number of carbonyl (C=O) groups excluding carboxylic acids is 1. The van der Waals surface area contributed by atoms with Crippen LogP contribution in [-0.2, 0) is 0 Å². The van der Waals surface area contributed by atoms with Gasteiger partial charge in [-0.05, 0) is 6.07 Å². The molecule has 1 amide bonds. The third kappa shape index (κ3) is 3.12. The van der Waals surface area contributed by atoms with Crippen molar-refractivity contribution in [3.8, 4) is 11.8 Å². The maximum atomic E-state index is 12.3. The zero-order chi connectivity index (χ0) is 17.1. The van der Waals surface area contributed by atoms with E-state index in [0.717, 1.165) is 6.07 Å². The van der Waals surface area contributed by atoms with Gasteiger partial charge in [-0.2, -0.15) is 0 Å². The van der Waals surface area contributed by atoms with Crippen LogP contribution in [0.5, 0.6) is 11.8 Å². The number of amides is 1. The van der Waals surface area contributed by atoms with Gasteiger partial charge >= 0.3 is 5.88 Å². The maximum absolute atomic E-state index is 12.3. The highest BCUT2D eigenvalue weighted by Gasteiger charge is 2.31. The zero-order valence-electron chi connectivity index (χ0n) is 12.7. The van der Waals surface area contributed by atoms with Crippen molar-refractivity contribution in [1.29, 1.82) is 0 Å². The topological polar surface area (TPSA) is 121 Å². The van der Waals surface area contributed by atoms with Crippen LogP contribution in [0.1, 0.15) is 17.0 Å². The third-order valence-corrected chi connectivity index (χ3v) is 3.52. The van der Waals surface area contributed by atoms with Crippen molar-refractivity contribution in [1.82, 2.24) is 14.9 Å². The van der Waals surface area contributed by atoms with E-state index < -0.39 is 16.7 Å². The van der Waals surface area contributed by atoms with Crippen LogP contribution in [0, 0.1) is 10.1 Å². The molecule has 10 nitrogen and oxygen atoms in total. The second kappa shape index (κ2) is 6.52. The third-order valence-electron chi connectivity index (χ3n) is 3.52. The van der Waals surface area contributed by atoms with Crippen molar-refractivity contribution in [3.63, 3.8) is 0 Å². The lowest BCUT2D eigenvalue weighted by atomic mass is 10.3. The lowest BCUT2D eigenvalue weighted by Crippen LogP contribution is -2.30. The summed E-state index contributed by atoms with van der Waals surface area (Å²) in [6.45, 7) is 0.758. The molecule has 1 fully saturated rings. The van der Waals surface area contributed by atoms with E-state index >= 15 is 0 Å². The summed E-state index contributed by atoms with van der Waals surface area (Å²) in [6, 6.07) is 2.45. The van der Waals surface area contributed by atoms with E-state index in [4.69, 9.17) is 13.9 Å². The number of nitrogens with zero attached hydrogens (tertiary/aromatic N) is 4. The first-order valence-electron chi connectivity index (χ1n) is 7.13. The Bertz CT molecular complexity index is 761. The Kier molecular flexibility index (Phi) is 4.27. The van der Waals surface area contributed by atoms with E-state index in [9.17, 15) is 14.9 Å². The van der Waals surface area contributed by atoms with E-state index in [-0.39, 0.29) is 23.6 Å². The Labute approximate surface area is 136 Å². The fourth-order valence-corrected chi connectivity index (χ4v) is 2.40. The molecule has 24 heavy (non-hydrogen) atoms. The van der Waals surface area contributed by atoms with Gasteiger partial charge in [0.1, 0.15) is 11.0 Å². The smallest absolute Gasteiger partial charge is 0.433 e. The van der Waals surface area contributed by atoms with Crippen LogP contribution in [0.3, 0.4) is 0 Å². The van der Waals surface area contributed by atoms with Crippen molar-refractivity contribution in [3.05, 3.63) is 40.4 Å². The van der Waals surface area contributed by atoms with Gasteiger partial charge in [-0.15, -0.1) is 0 Å². The highest BCUT2D eigenvalue weighted by atomic mass is 16.6. The van der Waals surface area contributed by atoms with Gasteiger partial charge in [0, 0.05) is 25.4 Å². The molecule has 10 heteroatoms. The molecule has 3 rings (SSSR count). The first kappa shape index (κ1) is 15.7. The van der Waals surface area contributed by atoms with E-state index in [1.165, 1.54) is 30.5 Å². The van der Waals surface area contributed by atoms with Gasteiger partial charge in [-0.25, -0.2) is 9.97 Å². The van der Waals surface area contributed by atoms with Crippen molar-refractivity contribution in [2.45, 2.75) is 12.5 Å². The minimum absolute atomic E-state index is 0.0700. The van der Waals surface area contributed by atoms with Crippen molar-refractivity contribution >= 4 is 11.8 Å². The van der Waals surface area contributed by atoms with Gasteiger partial charge in [-0.1, -0.05) is 0 Å². The van der Waals surface area contributed by atoms with Crippen LogP contribution in [0.25, 0.3) is 0 Å². The lowest BCUT2D eigenvalue weighted by molar-refractivity contribution is -0.402. The maximum Gasteiger partial charge on any atom is 0.433 e. The van der Waals surface area contributed by atoms with Crippen molar-refractivity contribution in [2.75, 3.05) is 20.2 Å². The fourth-order valence-electron chi connectivity index (χ4n) is 2.40. The summed E-state index contributed by atoms with van der Waals surface area (Å²) in [4.78, 5) is 31.8. The number of rotatable bonds is 5. The van der Waals surface area contributed by atoms with Crippen LogP contribution in [0.4, 0.5) is 5.88 Å². The summed E-state index contributed by atoms with van der Waals surface area (Å²) in [6.07, 6.45) is 3.29. The van der Waals surface area contributed by atoms with Crippen LogP contribution in [0.15, 0.2) is 28.9 Å². The van der Waals surface area contributed by atoms with Gasteiger partial charge in [0.15, 0.2) is 5.76 Å². The second-order valence-corrected chi connectivity index (χ2v) is 5.05.